The van der Waals surface area contributed by atoms with Crippen molar-refractivity contribution in [3.8, 4) is 0 Å². The monoisotopic (exact) mass is 404 g/mol. The largest absolute Gasteiger partial charge is 0.392 e. The lowest BCUT2D eigenvalue weighted by molar-refractivity contribution is -0.0957. The van der Waals surface area contributed by atoms with Crippen molar-refractivity contribution in [3.63, 3.8) is 0 Å². The third-order valence-corrected chi connectivity index (χ3v) is 8.20. The molecule has 2 saturated carbocycles. The minimum atomic E-state index is 0.477. The van der Waals surface area contributed by atoms with Gasteiger partial charge in [0.05, 0.1) is 11.5 Å². The van der Waals surface area contributed by atoms with E-state index in [2.05, 4.69) is 52.6 Å². The molecule has 2 aliphatic rings. The Morgan fingerprint density at radius 2 is 1.86 bits per heavy atom. The SMILES string of the molecule is CC(CC/C=C(/C)CCC1C(C)CCC2C(C)(C)CCCC12C)=NCC(N)=S. The Balaban J connectivity index is 1.92. The highest BCUT2D eigenvalue weighted by Crippen LogP contribution is 2.62. The first-order chi connectivity index (χ1) is 13.1. The fourth-order valence-corrected chi connectivity index (χ4v) is 6.59. The predicted molar refractivity (Wildman–Crippen MR) is 128 cm³/mol. The minimum absolute atomic E-state index is 0.477. The zero-order chi connectivity index (χ0) is 20.9. The first-order valence-electron chi connectivity index (χ1n) is 11.5. The van der Waals surface area contributed by atoms with Crippen molar-refractivity contribution in [1.82, 2.24) is 0 Å². The highest BCUT2D eigenvalue weighted by atomic mass is 32.1. The van der Waals surface area contributed by atoms with E-state index >= 15 is 0 Å². The highest BCUT2D eigenvalue weighted by molar-refractivity contribution is 7.80. The summed E-state index contributed by atoms with van der Waals surface area (Å²) in [6, 6.07) is 0. The van der Waals surface area contributed by atoms with Crippen molar-refractivity contribution >= 4 is 22.9 Å². The van der Waals surface area contributed by atoms with Crippen LogP contribution in [0, 0.1) is 28.6 Å². The predicted octanol–water partition coefficient (Wildman–Crippen LogP) is 7.12. The van der Waals surface area contributed by atoms with Crippen LogP contribution in [0.15, 0.2) is 16.6 Å². The summed E-state index contributed by atoms with van der Waals surface area (Å²) in [5.74, 6) is 2.66. The second-order valence-electron chi connectivity index (χ2n) is 10.7. The molecule has 28 heavy (non-hydrogen) atoms. The zero-order valence-corrected chi connectivity index (χ0v) is 20.1. The zero-order valence-electron chi connectivity index (χ0n) is 19.3. The summed E-state index contributed by atoms with van der Waals surface area (Å²) >= 11 is 4.90. The van der Waals surface area contributed by atoms with Gasteiger partial charge in [0.1, 0.15) is 0 Å². The summed E-state index contributed by atoms with van der Waals surface area (Å²) in [6.07, 6.45) is 14.3. The summed E-state index contributed by atoms with van der Waals surface area (Å²) in [6.45, 7) is 15.1. The van der Waals surface area contributed by atoms with Gasteiger partial charge in [-0.3, -0.25) is 4.99 Å². The van der Waals surface area contributed by atoms with E-state index in [9.17, 15) is 0 Å². The van der Waals surface area contributed by atoms with Crippen LogP contribution < -0.4 is 5.73 Å². The van der Waals surface area contributed by atoms with E-state index < -0.39 is 0 Å². The standard InChI is InChI=1S/C25H44N2S/c1-18(9-7-10-20(3)27-17-23(26)28)11-13-21-19(2)12-14-22-24(4,5)15-8-16-25(21,22)6/h9,19,21-22H,7-8,10-17H2,1-6H3,(H2,26,28)/b18-9-,27-20?. The molecule has 0 heterocycles. The molecular weight excluding hydrogens is 360 g/mol. The summed E-state index contributed by atoms with van der Waals surface area (Å²) in [5.41, 5.74) is 9.30. The lowest BCUT2D eigenvalue weighted by Crippen LogP contribution is -2.51. The van der Waals surface area contributed by atoms with Gasteiger partial charge in [0.25, 0.3) is 0 Å². The molecule has 0 aromatic rings. The Kier molecular flexibility index (Phi) is 8.31. The van der Waals surface area contributed by atoms with Crippen molar-refractivity contribution in [2.45, 2.75) is 99.3 Å². The fraction of sp³-hybridized carbons (Fsp3) is 0.840. The van der Waals surface area contributed by atoms with Crippen LogP contribution in [0.5, 0.6) is 0 Å². The van der Waals surface area contributed by atoms with Gasteiger partial charge in [0.15, 0.2) is 0 Å². The van der Waals surface area contributed by atoms with Gasteiger partial charge in [-0.05, 0) is 87.4 Å². The molecule has 3 heteroatoms. The summed E-state index contributed by atoms with van der Waals surface area (Å²) in [7, 11) is 0. The number of hydrogen-bond acceptors (Lipinski definition) is 2. The van der Waals surface area contributed by atoms with Crippen molar-refractivity contribution in [2.75, 3.05) is 6.54 Å². The Hall–Kier alpha value is -0.700. The van der Waals surface area contributed by atoms with Gasteiger partial charge in [-0.15, -0.1) is 0 Å². The quantitative estimate of drug-likeness (QED) is 0.266. The maximum atomic E-state index is 5.53. The molecule has 2 aliphatic carbocycles. The van der Waals surface area contributed by atoms with Gasteiger partial charge in [0.2, 0.25) is 0 Å². The highest BCUT2D eigenvalue weighted by Gasteiger charge is 2.53. The molecule has 160 valence electrons. The average Bonchev–Trinajstić information content (AvgIpc) is 2.58. The van der Waals surface area contributed by atoms with E-state index in [0.29, 0.717) is 22.4 Å². The molecule has 0 amide bonds. The molecule has 2 fully saturated rings. The number of nitrogens with zero attached hydrogens (tertiary/aromatic N) is 1. The summed E-state index contributed by atoms with van der Waals surface area (Å²) < 4.78 is 0. The van der Waals surface area contributed by atoms with Gasteiger partial charge in [-0.1, -0.05) is 64.4 Å². The third-order valence-electron chi connectivity index (χ3n) is 8.07. The van der Waals surface area contributed by atoms with Gasteiger partial charge in [-0.2, -0.15) is 0 Å². The van der Waals surface area contributed by atoms with E-state index in [1.807, 2.05) is 0 Å². The minimum Gasteiger partial charge on any atom is -0.392 e. The van der Waals surface area contributed by atoms with Crippen LogP contribution in [0.1, 0.15) is 99.3 Å². The number of hydrogen-bond donors (Lipinski definition) is 1. The van der Waals surface area contributed by atoms with Crippen LogP contribution in [0.3, 0.4) is 0 Å². The maximum Gasteiger partial charge on any atom is 0.0945 e. The molecular formula is C25H44N2S. The van der Waals surface area contributed by atoms with Crippen molar-refractivity contribution < 1.29 is 0 Å². The molecule has 0 bridgehead atoms. The third kappa shape index (κ3) is 5.90. The Morgan fingerprint density at radius 3 is 2.54 bits per heavy atom. The number of nitrogens with two attached hydrogens (primary N) is 1. The molecule has 0 aliphatic heterocycles. The Labute approximate surface area is 179 Å². The van der Waals surface area contributed by atoms with Gasteiger partial charge in [-0.25, -0.2) is 0 Å². The molecule has 2 rings (SSSR count). The van der Waals surface area contributed by atoms with Gasteiger partial charge < -0.3 is 5.73 Å². The van der Waals surface area contributed by atoms with Crippen LogP contribution in [0.4, 0.5) is 0 Å². The number of allylic oxidation sites excluding steroid dienone is 2. The average molecular weight is 405 g/mol. The molecule has 0 aromatic heterocycles. The number of rotatable bonds is 8. The van der Waals surface area contributed by atoms with E-state index in [1.54, 1.807) is 5.57 Å². The topological polar surface area (TPSA) is 38.4 Å². The second kappa shape index (κ2) is 9.87. The smallest absolute Gasteiger partial charge is 0.0945 e. The molecule has 4 unspecified atom stereocenters. The number of fused-ring (bicyclic) bond motifs is 1. The Morgan fingerprint density at radius 1 is 1.14 bits per heavy atom. The van der Waals surface area contributed by atoms with Crippen molar-refractivity contribution in [3.05, 3.63) is 11.6 Å². The number of thiocarbonyl (C=S) groups is 1. The summed E-state index contributed by atoms with van der Waals surface area (Å²) in [5, 5.41) is 0. The maximum absolute atomic E-state index is 5.53. The van der Waals surface area contributed by atoms with Crippen molar-refractivity contribution in [2.24, 2.45) is 39.3 Å². The van der Waals surface area contributed by atoms with E-state index in [0.717, 1.165) is 36.3 Å². The van der Waals surface area contributed by atoms with E-state index in [4.69, 9.17) is 18.0 Å². The van der Waals surface area contributed by atoms with Crippen LogP contribution in [0.2, 0.25) is 0 Å². The van der Waals surface area contributed by atoms with E-state index in [-0.39, 0.29) is 0 Å². The van der Waals surface area contributed by atoms with Crippen molar-refractivity contribution in [1.29, 1.82) is 0 Å². The molecule has 0 radical (unpaired) electrons. The first kappa shape index (κ1) is 23.6. The van der Waals surface area contributed by atoms with Gasteiger partial charge >= 0.3 is 0 Å². The second-order valence-corrected chi connectivity index (χ2v) is 11.2. The number of aliphatic imine (C=N–C) groups is 1. The lowest BCUT2D eigenvalue weighted by atomic mass is 9.46. The molecule has 4 atom stereocenters. The van der Waals surface area contributed by atoms with E-state index in [1.165, 1.54) is 44.9 Å². The molecule has 0 aromatic carbocycles. The summed E-state index contributed by atoms with van der Waals surface area (Å²) in [4.78, 5) is 4.92. The molecule has 2 nitrogen and oxygen atoms in total. The fourth-order valence-electron chi connectivity index (χ4n) is 6.53. The van der Waals surface area contributed by atoms with Gasteiger partial charge in [0, 0.05) is 5.71 Å². The Bertz CT molecular complexity index is 604. The normalized spacial score (nSPS) is 33.4. The molecule has 2 N–H and O–H groups in total. The van der Waals surface area contributed by atoms with Crippen LogP contribution >= 0.6 is 12.2 Å². The first-order valence-corrected chi connectivity index (χ1v) is 11.9. The van der Waals surface area contributed by atoms with Crippen LogP contribution in [-0.4, -0.2) is 17.2 Å². The molecule has 0 spiro atoms. The van der Waals surface area contributed by atoms with Crippen LogP contribution in [0.25, 0.3) is 0 Å². The molecule has 0 saturated heterocycles. The lowest BCUT2D eigenvalue weighted by Gasteiger charge is -2.59. The van der Waals surface area contributed by atoms with Crippen LogP contribution in [-0.2, 0) is 0 Å².